The molecule has 13 heavy (non-hydrogen) atoms. The van der Waals surface area contributed by atoms with E-state index >= 15 is 0 Å². The Hall–Kier alpha value is -0.780. The lowest BCUT2D eigenvalue weighted by Crippen LogP contribution is -2.53. The number of ether oxygens (including phenoxy) is 1. The summed E-state index contributed by atoms with van der Waals surface area (Å²) < 4.78 is 5.62. The van der Waals surface area contributed by atoms with Crippen LogP contribution in [0.4, 0.5) is 0 Å². The van der Waals surface area contributed by atoms with Crippen molar-refractivity contribution in [2.45, 2.75) is 19.1 Å². The third kappa shape index (κ3) is 1.39. The van der Waals surface area contributed by atoms with E-state index in [4.69, 9.17) is 16.3 Å². The molecule has 2 aliphatic rings. The Morgan fingerprint density at radius 2 is 2.38 bits per heavy atom. The van der Waals surface area contributed by atoms with Gasteiger partial charge in [-0.1, -0.05) is 0 Å². The van der Waals surface area contributed by atoms with Crippen LogP contribution in [0.15, 0.2) is 11.4 Å². The summed E-state index contributed by atoms with van der Waals surface area (Å²) >= 11 is 0. The van der Waals surface area contributed by atoms with Crippen LogP contribution < -0.4 is 16.9 Å². The molecular formula is C8H16N4O. The Bertz CT molecular complexity index is 236. The minimum Gasteiger partial charge on any atom is -0.401 e. The van der Waals surface area contributed by atoms with E-state index in [-0.39, 0.29) is 12.1 Å². The number of nitrogens with one attached hydrogen (secondary N) is 1. The first-order valence-corrected chi connectivity index (χ1v) is 4.51. The fourth-order valence-electron chi connectivity index (χ4n) is 1.87. The highest BCUT2D eigenvalue weighted by Gasteiger charge is 2.37. The van der Waals surface area contributed by atoms with E-state index in [1.54, 1.807) is 5.01 Å². The van der Waals surface area contributed by atoms with Crippen LogP contribution >= 0.6 is 0 Å². The molecule has 0 aromatic heterocycles. The Kier molecular flexibility index (Phi) is 2.15. The molecule has 0 aromatic carbocycles. The summed E-state index contributed by atoms with van der Waals surface area (Å²) in [6, 6.07) is 0.238. The molecule has 2 saturated heterocycles. The molecule has 0 radical (unpaired) electrons. The molecule has 0 saturated carbocycles. The van der Waals surface area contributed by atoms with Crippen molar-refractivity contribution in [2.24, 2.45) is 11.6 Å². The first-order chi connectivity index (χ1) is 6.20. The van der Waals surface area contributed by atoms with E-state index < -0.39 is 0 Å². The number of allylic oxidation sites excluding steroid dienone is 1. The second kappa shape index (κ2) is 3.17. The molecule has 5 nitrogen and oxygen atoms in total. The maximum atomic E-state index is 5.94. The van der Waals surface area contributed by atoms with Crippen molar-refractivity contribution in [3.05, 3.63) is 11.4 Å². The fourth-order valence-corrected chi connectivity index (χ4v) is 1.87. The number of hydrazine groups is 1. The second-order valence-electron chi connectivity index (χ2n) is 3.61. The van der Waals surface area contributed by atoms with Crippen LogP contribution in [0.5, 0.6) is 0 Å². The van der Waals surface area contributed by atoms with Crippen molar-refractivity contribution in [1.82, 2.24) is 10.3 Å². The number of fused-ring (bicyclic) bond motifs is 1. The zero-order valence-corrected chi connectivity index (χ0v) is 7.79. The molecule has 2 atom stereocenters. The average molecular weight is 184 g/mol. The molecule has 2 fully saturated rings. The molecular weight excluding hydrogens is 168 g/mol. The van der Waals surface area contributed by atoms with Gasteiger partial charge in [0.25, 0.3) is 0 Å². The normalized spacial score (nSPS) is 37.5. The van der Waals surface area contributed by atoms with Gasteiger partial charge in [0.1, 0.15) is 0 Å². The van der Waals surface area contributed by atoms with Crippen molar-refractivity contribution in [3.63, 3.8) is 0 Å². The Morgan fingerprint density at radius 1 is 1.62 bits per heavy atom. The topological polar surface area (TPSA) is 76.5 Å². The number of nitrogens with zero attached hydrogens (tertiary/aromatic N) is 1. The van der Waals surface area contributed by atoms with Crippen LogP contribution in [0.25, 0.3) is 0 Å². The minimum atomic E-state index is 0.216. The van der Waals surface area contributed by atoms with E-state index in [1.807, 2.05) is 6.92 Å². The first kappa shape index (κ1) is 8.80. The smallest absolute Gasteiger partial charge is 0.0935 e. The molecule has 74 valence electrons. The highest BCUT2D eigenvalue weighted by atomic mass is 16.5. The standard InChI is InChI=1S/C8H16N4O/c1-5(9)7-4-13-8-3-11-2-6(8)12(7)10/h6,8,11H,2-4,9-10H2,1H3/b7-5-. The predicted octanol–water partition coefficient (Wildman–Crippen LogP) is -1.28. The number of hydrogen-bond donors (Lipinski definition) is 3. The molecule has 2 heterocycles. The summed E-state index contributed by atoms with van der Waals surface area (Å²) in [6.45, 7) is 4.14. The van der Waals surface area contributed by atoms with Gasteiger partial charge in [-0.05, 0) is 6.92 Å². The van der Waals surface area contributed by atoms with Crippen LogP contribution in [0.2, 0.25) is 0 Å². The fraction of sp³-hybridized carbons (Fsp3) is 0.750. The first-order valence-electron chi connectivity index (χ1n) is 4.51. The van der Waals surface area contributed by atoms with Crippen molar-refractivity contribution in [1.29, 1.82) is 0 Å². The van der Waals surface area contributed by atoms with Gasteiger partial charge in [-0.15, -0.1) is 0 Å². The van der Waals surface area contributed by atoms with Crippen LogP contribution in [0.3, 0.4) is 0 Å². The van der Waals surface area contributed by atoms with Gasteiger partial charge < -0.3 is 20.8 Å². The zero-order chi connectivity index (χ0) is 9.42. The summed E-state index contributed by atoms with van der Waals surface area (Å²) in [7, 11) is 0. The minimum absolute atomic E-state index is 0.216. The molecule has 2 unspecified atom stereocenters. The maximum absolute atomic E-state index is 5.94. The van der Waals surface area contributed by atoms with Gasteiger partial charge in [0.05, 0.1) is 24.4 Å². The van der Waals surface area contributed by atoms with Crippen molar-refractivity contribution in [2.75, 3.05) is 19.7 Å². The maximum Gasteiger partial charge on any atom is 0.0935 e. The second-order valence-corrected chi connectivity index (χ2v) is 3.61. The monoisotopic (exact) mass is 184 g/mol. The molecule has 0 spiro atoms. The lowest BCUT2D eigenvalue weighted by atomic mass is 10.1. The summed E-state index contributed by atoms with van der Waals surface area (Å²) in [4.78, 5) is 0. The summed E-state index contributed by atoms with van der Waals surface area (Å²) in [5.74, 6) is 5.94. The van der Waals surface area contributed by atoms with Gasteiger partial charge >= 0.3 is 0 Å². The highest BCUT2D eigenvalue weighted by Crippen LogP contribution is 2.21. The lowest BCUT2D eigenvalue weighted by Gasteiger charge is -2.37. The van der Waals surface area contributed by atoms with Crippen LogP contribution in [-0.2, 0) is 4.74 Å². The van der Waals surface area contributed by atoms with Gasteiger partial charge in [-0.2, -0.15) is 0 Å². The molecule has 5 N–H and O–H groups in total. The van der Waals surface area contributed by atoms with Gasteiger partial charge in [0.15, 0.2) is 0 Å². The molecule has 0 aromatic rings. The van der Waals surface area contributed by atoms with Crippen molar-refractivity contribution >= 4 is 0 Å². The lowest BCUT2D eigenvalue weighted by molar-refractivity contribution is -0.0186. The van der Waals surface area contributed by atoms with Crippen molar-refractivity contribution in [3.8, 4) is 0 Å². The van der Waals surface area contributed by atoms with Crippen LogP contribution in [-0.4, -0.2) is 36.9 Å². The third-order valence-electron chi connectivity index (χ3n) is 2.69. The van der Waals surface area contributed by atoms with Crippen LogP contribution in [0, 0.1) is 0 Å². The predicted molar refractivity (Wildman–Crippen MR) is 49.3 cm³/mol. The largest absolute Gasteiger partial charge is 0.401 e. The van der Waals surface area contributed by atoms with E-state index in [2.05, 4.69) is 5.32 Å². The molecule has 0 aliphatic carbocycles. The zero-order valence-electron chi connectivity index (χ0n) is 7.79. The molecule has 2 aliphatic heterocycles. The highest BCUT2D eigenvalue weighted by molar-refractivity contribution is 5.13. The summed E-state index contributed by atoms with van der Waals surface area (Å²) in [5.41, 5.74) is 7.35. The molecule has 0 amide bonds. The number of hydrogen-bond acceptors (Lipinski definition) is 5. The van der Waals surface area contributed by atoms with Gasteiger partial charge in [-0.25, -0.2) is 5.84 Å². The van der Waals surface area contributed by atoms with Gasteiger partial charge in [0, 0.05) is 18.8 Å². The Balaban J connectivity index is 2.18. The van der Waals surface area contributed by atoms with Crippen molar-refractivity contribution < 1.29 is 4.74 Å². The van der Waals surface area contributed by atoms with E-state index in [1.165, 1.54) is 0 Å². The number of nitrogens with two attached hydrogens (primary N) is 2. The quantitative estimate of drug-likeness (QED) is 0.409. The summed E-state index contributed by atoms with van der Waals surface area (Å²) in [5, 5.41) is 5.00. The third-order valence-corrected chi connectivity index (χ3v) is 2.69. The molecule has 5 heteroatoms. The average Bonchev–Trinajstić information content (AvgIpc) is 2.52. The molecule has 2 rings (SSSR count). The number of rotatable bonds is 0. The van der Waals surface area contributed by atoms with Gasteiger partial charge in [-0.3, -0.25) is 0 Å². The Morgan fingerprint density at radius 3 is 3.08 bits per heavy atom. The van der Waals surface area contributed by atoms with E-state index in [0.717, 1.165) is 24.5 Å². The van der Waals surface area contributed by atoms with Crippen LogP contribution in [0.1, 0.15) is 6.92 Å². The number of morpholine rings is 1. The summed E-state index contributed by atoms with van der Waals surface area (Å²) in [6.07, 6.45) is 0.216. The SMILES string of the molecule is C/C(N)=C1\COC2CNCC2N1N. The Labute approximate surface area is 77.7 Å². The van der Waals surface area contributed by atoms with Gasteiger partial charge in [0.2, 0.25) is 0 Å². The van der Waals surface area contributed by atoms with E-state index in [9.17, 15) is 0 Å². The van der Waals surface area contributed by atoms with E-state index in [0.29, 0.717) is 6.61 Å². The molecule has 0 bridgehead atoms.